The minimum Gasteiger partial charge on any atom is -0.0501 e. The van der Waals surface area contributed by atoms with Gasteiger partial charge >= 0.3 is 0 Å². The summed E-state index contributed by atoms with van der Waals surface area (Å²) in [5, 5.41) is 0. The van der Waals surface area contributed by atoms with E-state index in [2.05, 4.69) is 112 Å². The molecule has 0 spiro atoms. The Morgan fingerprint density at radius 2 is 1.00 bits per heavy atom. The van der Waals surface area contributed by atoms with Crippen LogP contribution in [0.2, 0.25) is 0 Å². The normalized spacial score (nSPS) is 10.9. The van der Waals surface area contributed by atoms with Gasteiger partial charge in [0.2, 0.25) is 0 Å². The van der Waals surface area contributed by atoms with Crippen molar-refractivity contribution in [1.29, 1.82) is 0 Å². The summed E-state index contributed by atoms with van der Waals surface area (Å²) < 4.78 is 6.95. The van der Waals surface area contributed by atoms with Crippen LogP contribution < -0.4 is 0 Å². The molecule has 0 N–H and O–H groups in total. The summed E-state index contributed by atoms with van der Waals surface area (Å²) in [5.41, 5.74) is 2.14. The van der Waals surface area contributed by atoms with Crippen LogP contribution in [-0.2, 0) is 0 Å². The molecule has 0 bridgehead atoms. The first kappa shape index (κ1) is 17.2. The van der Waals surface area contributed by atoms with Crippen LogP contribution >= 0.6 is 112 Å². The molecule has 100 valence electrons. The molecule has 0 unspecified atom stereocenters. The molecule has 0 heterocycles. The van der Waals surface area contributed by atoms with Crippen LogP contribution in [0.3, 0.4) is 0 Å². The van der Waals surface area contributed by atoms with Crippen LogP contribution in [-0.4, -0.2) is 0 Å². The van der Waals surface area contributed by atoms with Crippen molar-refractivity contribution in [2.75, 3.05) is 0 Å². The maximum Gasteiger partial charge on any atom is 0.0466 e. The van der Waals surface area contributed by atoms with Crippen LogP contribution in [0.25, 0.3) is 11.1 Å². The lowest BCUT2D eigenvalue weighted by Crippen LogP contribution is -1.89. The highest BCUT2D eigenvalue weighted by molar-refractivity contribution is 9.14. The van der Waals surface area contributed by atoms with Gasteiger partial charge in [0.25, 0.3) is 0 Å². The van der Waals surface area contributed by atoms with Crippen molar-refractivity contribution >= 4 is 112 Å². The van der Waals surface area contributed by atoms with Gasteiger partial charge in [0.1, 0.15) is 0 Å². The first-order valence-corrected chi connectivity index (χ1v) is 10.4. The van der Waals surface area contributed by atoms with Gasteiger partial charge in [-0.1, -0.05) is 31.9 Å². The first-order chi connectivity index (χ1) is 8.84. The molecule has 0 atom stereocenters. The molecule has 0 aliphatic heterocycles. The Balaban J connectivity index is 2.88. The van der Waals surface area contributed by atoms with Gasteiger partial charge in [-0.05, 0) is 97.8 Å². The Labute approximate surface area is 170 Å². The van der Waals surface area contributed by atoms with Crippen LogP contribution in [0.4, 0.5) is 0 Å². The summed E-state index contributed by atoms with van der Waals surface area (Å²) in [6.07, 6.45) is 0. The minimum absolute atomic E-state index is 0.976. The third-order valence-electron chi connectivity index (χ3n) is 2.41. The highest BCUT2D eigenvalue weighted by Gasteiger charge is 2.19. The van der Waals surface area contributed by atoms with E-state index in [0.717, 1.165) is 42.4 Å². The summed E-state index contributed by atoms with van der Waals surface area (Å²) >= 11 is 25.1. The molecule has 2 aromatic carbocycles. The van der Waals surface area contributed by atoms with E-state index in [1.54, 1.807) is 0 Å². The summed E-state index contributed by atoms with van der Waals surface area (Å²) in [6.45, 7) is 0. The fraction of sp³-hybridized carbons (Fsp3) is 0. The average molecular weight is 706 g/mol. The third-order valence-corrected chi connectivity index (χ3v) is 9.02. The summed E-state index contributed by atoms with van der Waals surface area (Å²) in [7, 11) is 0. The lowest BCUT2D eigenvalue weighted by Gasteiger charge is -2.15. The van der Waals surface area contributed by atoms with Crippen molar-refractivity contribution in [3.8, 4) is 11.1 Å². The molecule has 2 aromatic rings. The second-order valence-corrected chi connectivity index (χ2v) is 9.36. The van der Waals surface area contributed by atoms with Crippen molar-refractivity contribution in [2.24, 2.45) is 0 Å². The smallest absolute Gasteiger partial charge is 0.0466 e. The quantitative estimate of drug-likeness (QED) is 0.206. The Hall–Kier alpha value is 1.80. The van der Waals surface area contributed by atoms with Gasteiger partial charge in [0, 0.05) is 42.4 Å². The van der Waals surface area contributed by atoms with Gasteiger partial charge < -0.3 is 0 Å². The zero-order chi connectivity index (χ0) is 14.3. The van der Waals surface area contributed by atoms with Crippen molar-refractivity contribution < 1.29 is 0 Å². The molecule has 0 amide bonds. The topological polar surface area (TPSA) is 0 Å². The number of benzene rings is 2. The predicted octanol–water partition coefficient (Wildman–Crippen LogP) is 8.69. The lowest BCUT2D eigenvalue weighted by atomic mass is 10.1. The van der Waals surface area contributed by atoms with Gasteiger partial charge in [-0.15, -0.1) is 0 Å². The standard InChI is InChI=1S/C12H3Br7/c13-4-1-2-5(14)10(17)8(4)9-6(15)3-7(16)11(18)12(9)19/h1-3H. The van der Waals surface area contributed by atoms with Gasteiger partial charge in [-0.25, -0.2) is 0 Å². The fourth-order valence-corrected chi connectivity index (χ4v) is 6.05. The Kier molecular flexibility index (Phi) is 6.25. The minimum atomic E-state index is 0.976. The third kappa shape index (κ3) is 3.42. The molecule has 0 fully saturated rings. The molecule has 2 rings (SSSR count). The molecule has 0 aliphatic rings. The van der Waals surface area contributed by atoms with Crippen LogP contribution in [0.15, 0.2) is 49.5 Å². The van der Waals surface area contributed by atoms with Crippen LogP contribution in [0.1, 0.15) is 0 Å². The number of rotatable bonds is 1. The molecule has 0 aliphatic carbocycles. The van der Waals surface area contributed by atoms with Crippen molar-refractivity contribution in [3.05, 3.63) is 49.5 Å². The van der Waals surface area contributed by atoms with Crippen molar-refractivity contribution in [3.63, 3.8) is 0 Å². The molecule has 19 heavy (non-hydrogen) atoms. The maximum absolute atomic E-state index is 3.65. The SMILES string of the molecule is Brc1cc(Br)c(-c2c(Br)ccc(Br)c2Br)c(Br)c1Br. The second-order valence-electron chi connectivity index (χ2n) is 3.56. The monoisotopic (exact) mass is 699 g/mol. The van der Waals surface area contributed by atoms with Gasteiger partial charge in [0.05, 0.1) is 0 Å². The lowest BCUT2D eigenvalue weighted by molar-refractivity contribution is 1.44. The molecule has 0 aromatic heterocycles. The zero-order valence-corrected chi connectivity index (χ0v) is 20.0. The highest BCUT2D eigenvalue weighted by atomic mass is 79.9. The van der Waals surface area contributed by atoms with E-state index in [-0.39, 0.29) is 0 Å². The number of hydrogen-bond donors (Lipinski definition) is 0. The molecule has 7 heteroatoms. The second kappa shape index (κ2) is 6.92. The van der Waals surface area contributed by atoms with E-state index in [4.69, 9.17) is 0 Å². The van der Waals surface area contributed by atoms with E-state index in [1.807, 2.05) is 18.2 Å². The first-order valence-electron chi connectivity index (χ1n) is 4.81. The Bertz CT molecular complexity index is 664. The highest BCUT2D eigenvalue weighted by Crippen LogP contribution is 2.49. The van der Waals surface area contributed by atoms with E-state index in [9.17, 15) is 0 Å². The number of halogens is 7. The van der Waals surface area contributed by atoms with Gasteiger partial charge in [-0.2, -0.15) is 0 Å². The summed E-state index contributed by atoms with van der Waals surface area (Å²) in [5.74, 6) is 0. The van der Waals surface area contributed by atoms with E-state index in [0.29, 0.717) is 0 Å². The van der Waals surface area contributed by atoms with Crippen molar-refractivity contribution in [1.82, 2.24) is 0 Å². The molecule has 0 radical (unpaired) electrons. The number of hydrogen-bond acceptors (Lipinski definition) is 0. The summed E-state index contributed by atoms with van der Waals surface area (Å²) in [4.78, 5) is 0. The fourth-order valence-electron chi connectivity index (χ4n) is 1.55. The zero-order valence-electron chi connectivity index (χ0n) is 8.88. The van der Waals surface area contributed by atoms with Crippen LogP contribution in [0, 0.1) is 0 Å². The van der Waals surface area contributed by atoms with Crippen molar-refractivity contribution in [2.45, 2.75) is 0 Å². The van der Waals surface area contributed by atoms with E-state index >= 15 is 0 Å². The Morgan fingerprint density at radius 1 is 0.474 bits per heavy atom. The van der Waals surface area contributed by atoms with E-state index < -0.39 is 0 Å². The average Bonchev–Trinajstić information content (AvgIpc) is 2.35. The van der Waals surface area contributed by atoms with Gasteiger partial charge in [-0.3, -0.25) is 0 Å². The molecular weight excluding hydrogens is 703 g/mol. The van der Waals surface area contributed by atoms with E-state index in [1.165, 1.54) is 0 Å². The molecular formula is C12H3Br7. The molecule has 0 saturated carbocycles. The largest absolute Gasteiger partial charge is 0.0501 e. The molecule has 0 nitrogen and oxygen atoms in total. The Morgan fingerprint density at radius 3 is 1.63 bits per heavy atom. The summed E-state index contributed by atoms with van der Waals surface area (Å²) in [6, 6.07) is 6.02. The molecule has 0 saturated heterocycles. The van der Waals surface area contributed by atoms with Gasteiger partial charge in [0.15, 0.2) is 0 Å². The predicted molar refractivity (Wildman–Crippen MR) is 106 cm³/mol. The maximum atomic E-state index is 3.65. The van der Waals surface area contributed by atoms with Crippen LogP contribution in [0.5, 0.6) is 0 Å².